The third kappa shape index (κ3) is 2.76. The zero-order chi connectivity index (χ0) is 15.0. The Labute approximate surface area is 122 Å². The van der Waals surface area contributed by atoms with Gasteiger partial charge in [0.1, 0.15) is 5.52 Å². The number of pyridine rings is 1. The summed E-state index contributed by atoms with van der Waals surface area (Å²) in [6.07, 6.45) is 3.43. The number of carboxylic acids is 1. The van der Waals surface area contributed by atoms with E-state index in [4.69, 9.17) is 0 Å². The predicted molar refractivity (Wildman–Crippen MR) is 75.8 cm³/mol. The number of piperidine rings is 1. The van der Waals surface area contributed by atoms with Crippen molar-refractivity contribution in [1.82, 2.24) is 14.5 Å². The van der Waals surface area contributed by atoms with Gasteiger partial charge in [-0.05, 0) is 43.0 Å². The molecule has 1 aliphatic rings. The maximum Gasteiger partial charge on any atom is 0.354 e. The molecule has 0 saturated carbocycles. The quantitative estimate of drug-likeness (QED) is 0.943. The van der Waals surface area contributed by atoms with Gasteiger partial charge in [-0.25, -0.2) is 13.7 Å². The Morgan fingerprint density at radius 1 is 1.52 bits per heavy atom. The molecule has 0 unspecified atom stereocenters. The number of hydrogen-bond acceptors (Lipinski definition) is 3. The van der Waals surface area contributed by atoms with Gasteiger partial charge in [0.15, 0.2) is 11.5 Å². The minimum absolute atomic E-state index is 0.00328. The monoisotopic (exact) mass is 291 g/mol. The first-order valence-electron chi connectivity index (χ1n) is 7.16. The summed E-state index contributed by atoms with van der Waals surface area (Å²) in [6, 6.07) is 3.27. The Bertz CT molecular complexity index is 683. The van der Waals surface area contributed by atoms with E-state index in [1.54, 1.807) is 12.1 Å². The van der Waals surface area contributed by atoms with Crippen LogP contribution in [-0.4, -0.2) is 38.7 Å². The number of hydrogen-bond donors (Lipinski definition) is 1. The SMILES string of the molecule is C[C@H]1CCCN(Cc2cc(C(=O)O)n3ncc(F)c3c2)C1. The molecule has 112 valence electrons. The van der Waals surface area contributed by atoms with Crippen LogP contribution in [-0.2, 0) is 6.54 Å². The van der Waals surface area contributed by atoms with Gasteiger partial charge < -0.3 is 5.11 Å². The van der Waals surface area contributed by atoms with Crippen LogP contribution >= 0.6 is 0 Å². The van der Waals surface area contributed by atoms with Crippen molar-refractivity contribution in [2.24, 2.45) is 5.92 Å². The number of likely N-dealkylation sites (tertiary alicyclic amines) is 1. The average Bonchev–Trinajstić information content (AvgIpc) is 2.80. The molecule has 3 heterocycles. The zero-order valence-electron chi connectivity index (χ0n) is 11.9. The van der Waals surface area contributed by atoms with Crippen LogP contribution in [0.2, 0.25) is 0 Å². The second kappa shape index (κ2) is 5.44. The topological polar surface area (TPSA) is 57.8 Å². The Balaban J connectivity index is 1.94. The van der Waals surface area contributed by atoms with Crippen molar-refractivity contribution >= 4 is 11.5 Å². The third-order valence-corrected chi connectivity index (χ3v) is 4.00. The van der Waals surface area contributed by atoms with Crippen molar-refractivity contribution in [2.75, 3.05) is 13.1 Å². The molecule has 0 aromatic carbocycles. The Kier molecular flexibility index (Phi) is 3.63. The molecule has 0 radical (unpaired) electrons. The van der Waals surface area contributed by atoms with Crippen molar-refractivity contribution in [3.8, 4) is 0 Å². The zero-order valence-corrected chi connectivity index (χ0v) is 11.9. The molecule has 0 aliphatic carbocycles. The van der Waals surface area contributed by atoms with Crippen LogP contribution in [0.4, 0.5) is 4.39 Å². The largest absolute Gasteiger partial charge is 0.477 e. The van der Waals surface area contributed by atoms with Gasteiger partial charge in [0.2, 0.25) is 0 Å². The number of aromatic nitrogens is 2. The Hall–Kier alpha value is -1.95. The van der Waals surface area contributed by atoms with Crippen LogP contribution in [0.1, 0.15) is 35.8 Å². The fourth-order valence-corrected chi connectivity index (χ4v) is 3.05. The summed E-state index contributed by atoms with van der Waals surface area (Å²) in [6.45, 7) is 4.86. The van der Waals surface area contributed by atoms with Gasteiger partial charge in [-0.1, -0.05) is 6.92 Å². The molecule has 1 aliphatic heterocycles. The first kappa shape index (κ1) is 14.0. The maximum atomic E-state index is 13.7. The fraction of sp³-hybridized carbons (Fsp3) is 0.467. The van der Waals surface area contributed by atoms with E-state index in [1.165, 1.54) is 6.42 Å². The van der Waals surface area contributed by atoms with E-state index in [0.717, 1.165) is 35.8 Å². The number of fused-ring (bicyclic) bond motifs is 1. The molecule has 5 nitrogen and oxygen atoms in total. The number of nitrogens with zero attached hydrogens (tertiary/aromatic N) is 3. The average molecular weight is 291 g/mol. The predicted octanol–water partition coefficient (Wildman–Crippen LogP) is 2.40. The number of rotatable bonds is 3. The molecular formula is C15H18FN3O2. The molecule has 3 rings (SSSR count). The van der Waals surface area contributed by atoms with Gasteiger partial charge >= 0.3 is 5.97 Å². The van der Waals surface area contributed by atoms with E-state index in [0.29, 0.717) is 12.5 Å². The second-order valence-electron chi connectivity index (χ2n) is 5.83. The summed E-state index contributed by atoms with van der Waals surface area (Å²) < 4.78 is 14.9. The van der Waals surface area contributed by atoms with Gasteiger partial charge in [0.05, 0.1) is 6.20 Å². The minimum atomic E-state index is -1.10. The summed E-state index contributed by atoms with van der Waals surface area (Å²) >= 11 is 0. The molecule has 1 N–H and O–H groups in total. The molecule has 0 bridgehead atoms. The van der Waals surface area contributed by atoms with E-state index < -0.39 is 11.8 Å². The summed E-state index contributed by atoms with van der Waals surface area (Å²) in [5.41, 5.74) is 1.03. The van der Waals surface area contributed by atoms with E-state index in [-0.39, 0.29) is 11.2 Å². The van der Waals surface area contributed by atoms with Crippen LogP contribution in [0.5, 0.6) is 0 Å². The van der Waals surface area contributed by atoms with Crippen LogP contribution in [0, 0.1) is 11.7 Å². The van der Waals surface area contributed by atoms with Crippen LogP contribution in [0.15, 0.2) is 18.3 Å². The summed E-state index contributed by atoms with van der Waals surface area (Å²) in [5, 5.41) is 13.1. The molecule has 1 saturated heterocycles. The van der Waals surface area contributed by atoms with Crippen LogP contribution in [0.3, 0.4) is 0 Å². The first-order chi connectivity index (χ1) is 10.0. The molecule has 21 heavy (non-hydrogen) atoms. The fourth-order valence-electron chi connectivity index (χ4n) is 3.05. The summed E-state index contributed by atoms with van der Waals surface area (Å²) in [4.78, 5) is 13.6. The number of aromatic carboxylic acids is 1. The highest BCUT2D eigenvalue weighted by Crippen LogP contribution is 2.20. The van der Waals surface area contributed by atoms with Gasteiger partial charge in [0.25, 0.3) is 0 Å². The lowest BCUT2D eigenvalue weighted by molar-refractivity contribution is 0.0687. The van der Waals surface area contributed by atoms with E-state index in [9.17, 15) is 14.3 Å². The van der Waals surface area contributed by atoms with Crippen molar-refractivity contribution in [3.63, 3.8) is 0 Å². The highest BCUT2D eigenvalue weighted by molar-refractivity contribution is 5.87. The highest BCUT2D eigenvalue weighted by atomic mass is 19.1. The standard InChI is InChI=1S/C15H18FN3O2/c1-10-3-2-4-18(8-10)9-11-5-13-12(16)7-17-19(13)14(6-11)15(20)21/h5-7,10H,2-4,8-9H2,1H3,(H,20,21)/t10-/m0/s1. The van der Waals surface area contributed by atoms with Gasteiger partial charge in [-0.2, -0.15) is 5.10 Å². The van der Waals surface area contributed by atoms with E-state index >= 15 is 0 Å². The molecule has 6 heteroatoms. The van der Waals surface area contributed by atoms with Gasteiger partial charge in [0, 0.05) is 13.1 Å². The lowest BCUT2D eigenvalue weighted by atomic mass is 10.00. The summed E-state index contributed by atoms with van der Waals surface area (Å²) in [7, 11) is 0. The van der Waals surface area contributed by atoms with Crippen LogP contribution in [0.25, 0.3) is 5.52 Å². The number of halogens is 1. The lowest BCUT2D eigenvalue weighted by Gasteiger charge is -2.30. The molecule has 1 fully saturated rings. The van der Waals surface area contributed by atoms with Crippen molar-refractivity contribution in [2.45, 2.75) is 26.3 Å². The van der Waals surface area contributed by atoms with Gasteiger partial charge in [-0.3, -0.25) is 4.90 Å². The number of carboxylic acid groups (broad SMARTS) is 1. The van der Waals surface area contributed by atoms with Crippen molar-refractivity contribution < 1.29 is 14.3 Å². The smallest absolute Gasteiger partial charge is 0.354 e. The highest BCUT2D eigenvalue weighted by Gasteiger charge is 2.19. The molecular weight excluding hydrogens is 273 g/mol. The summed E-state index contributed by atoms with van der Waals surface area (Å²) in [5.74, 6) is -0.948. The molecule has 0 spiro atoms. The van der Waals surface area contributed by atoms with E-state index in [1.807, 2.05) is 0 Å². The number of carbonyl (C=O) groups is 1. The lowest BCUT2D eigenvalue weighted by Crippen LogP contribution is -2.33. The third-order valence-electron chi connectivity index (χ3n) is 4.00. The Morgan fingerprint density at radius 2 is 2.33 bits per heavy atom. The van der Waals surface area contributed by atoms with Crippen LogP contribution < -0.4 is 0 Å². The molecule has 0 amide bonds. The second-order valence-corrected chi connectivity index (χ2v) is 5.83. The Morgan fingerprint density at radius 3 is 3.05 bits per heavy atom. The molecule has 2 aromatic rings. The maximum absolute atomic E-state index is 13.7. The van der Waals surface area contributed by atoms with Crippen molar-refractivity contribution in [1.29, 1.82) is 0 Å². The van der Waals surface area contributed by atoms with Gasteiger partial charge in [-0.15, -0.1) is 0 Å². The minimum Gasteiger partial charge on any atom is -0.477 e. The van der Waals surface area contributed by atoms with E-state index in [2.05, 4.69) is 16.9 Å². The normalized spacial score (nSPS) is 20.0. The molecule has 2 aromatic heterocycles. The first-order valence-corrected chi connectivity index (χ1v) is 7.16. The molecule has 1 atom stereocenters. The van der Waals surface area contributed by atoms with Crippen molar-refractivity contribution in [3.05, 3.63) is 35.4 Å².